The number of nitrogens with zero attached hydrogens (tertiary/aromatic N) is 3. The Labute approximate surface area is 214 Å². The molecule has 0 radical (unpaired) electrons. The van der Waals surface area contributed by atoms with Crippen LogP contribution in [0.2, 0.25) is 0 Å². The number of non-ortho nitro benzene ring substituents is 1. The van der Waals surface area contributed by atoms with E-state index >= 15 is 0 Å². The lowest BCUT2D eigenvalue weighted by molar-refractivity contribution is -0.384. The molecule has 1 fully saturated rings. The van der Waals surface area contributed by atoms with Crippen LogP contribution in [0.15, 0.2) is 72.6 Å². The third kappa shape index (κ3) is 5.35. The van der Waals surface area contributed by atoms with Gasteiger partial charge >= 0.3 is 0 Å². The Morgan fingerprint density at radius 1 is 1.16 bits per heavy atom. The molecule has 190 valence electrons. The van der Waals surface area contributed by atoms with Gasteiger partial charge in [-0.05, 0) is 53.8 Å². The number of ether oxygens (including phenoxy) is 1. The fourth-order valence-electron chi connectivity index (χ4n) is 4.26. The third-order valence-corrected chi connectivity index (χ3v) is 6.03. The molecule has 0 aliphatic carbocycles. The zero-order chi connectivity index (χ0) is 26.7. The van der Waals surface area contributed by atoms with Gasteiger partial charge in [0.2, 0.25) is 0 Å². The van der Waals surface area contributed by atoms with Gasteiger partial charge < -0.3 is 14.7 Å². The molecule has 1 aliphatic heterocycles. The summed E-state index contributed by atoms with van der Waals surface area (Å²) >= 11 is 0. The summed E-state index contributed by atoms with van der Waals surface area (Å²) in [6, 6.07) is 13.2. The number of nitro benzene ring substituents is 1. The molecule has 9 nitrogen and oxygen atoms in total. The molecule has 37 heavy (non-hydrogen) atoms. The standard InChI is InChI=1S/C28H27N3O6/c1-17(2)16-37-23-10-9-21(12-18(23)3)26(32)24-25(20-7-4-8-22(13-20)31(35)36)30(28(34)27(24)33)15-19-6-5-11-29-14-19/h4-14,17,25,32H,15-16H2,1-3H3/t25-/m0/s1. The van der Waals surface area contributed by atoms with E-state index < -0.39 is 22.7 Å². The second-order valence-electron chi connectivity index (χ2n) is 9.33. The summed E-state index contributed by atoms with van der Waals surface area (Å²) in [5.74, 6) is -1.05. The van der Waals surface area contributed by atoms with Gasteiger partial charge in [0.15, 0.2) is 0 Å². The van der Waals surface area contributed by atoms with E-state index in [1.807, 2.05) is 20.8 Å². The van der Waals surface area contributed by atoms with Crippen molar-refractivity contribution in [1.29, 1.82) is 0 Å². The molecule has 0 unspecified atom stereocenters. The molecular weight excluding hydrogens is 474 g/mol. The SMILES string of the molecule is Cc1cc(C(O)=C2C(=O)C(=O)N(Cc3cccnc3)[C@H]2c2cccc([N+](=O)[O-])c2)ccc1OCC(C)C. The minimum Gasteiger partial charge on any atom is -0.507 e. The predicted molar refractivity (Wildman–Crippen MR) is 137 cm³/mol. The van der Waals surface area contributed by atoms with E-state index in [4.69, 9.17) is 4.74 Å². The number of aromatic nitrogens is 1. The molecule has 1 saturated heterocycles. The number of hydrogen-bond donors (Lipinski definition) is 1. The largest absolute Gasteiger partial charge is 0.507 e. The number of aryl methyl sites for hydroxylation is 1. The van der Waals surface area contributed by atoms with E-state index in [0.717, 1.165) is 5.56 Å². The molecule has 9 heteroatoms. The molecule has 2 heterocycles. The molecule has 4 rings (SSSR count). The lowest BCUT2D eigenvalue weighted by atomic mass is 9.94. The number of nitro groups is 1. The van der Waals surface area contributed by atoms with E-state index in [0.29, 0.717) is 35.0 Å². The lowest BCUT2D eigenvalue weighted by Gasteiger charge is -2.25. The second-order valence-corrected chi connectivity index (χ2v) is 9.33. The van der Waals surface area contributed by atoms with Gasteiger partial charge in [0, 0.05) is 36.6 Å². The maximum atomic E-state index is 13.3. The molecule has 1 atom stereocenters. The van der Waals surface area contributed by atoms with Crippen molar-refractivity contribution >= 4 is 23.1 Å². The molecule has 2 aromatic carbocycles. The molecular formula is C28H27N3O6. The van der Waals surface area contributed by atoms with Crippen molar-refractivity contribution in [2.24, 2.45) is 5.92 Å². The molecule has 3 aromatic rings. The zero-order valence-corrected chi connectivity index (χ0v) is 20.7. The summed E-state index contributed by atoms with van der Waals surface area (Å²) < 4.78 is 5.81. The second kappa shape index (κ2) is 10.6. The molecule has 0 bridgehead atoms. The minimum absolute atomic E-state index is 0.0313. The molecule has 1 N–H and O–H groups in total. The van der Waals surface area contributed by atoms with Crippen LogP contribution in [-0.4, -0.2) is 38.2 Å². The van der Waals surface area contributed by atoms with Gasteiger partial charge in [-0.3, -0.25) is 24.7 Å². The normalized spacial score (nSPS) is 16.9. The molecule has 0 saturated carbocycles. The number of ketones is 1. The number of Topliss-reactive ketones (excluding diaryl/α,β-unsaturated/α-hetero) is 1. The Kier molecular flexibility index (Phi) is 7.33. The van der Waals surface area contributed by atoms with E-state index in [2.05, 4.69) is 4.98 Å². The van der Waals surface area contributed by atoms with Crippen molar-refractivity contribution in [2.75, 3.05) is 6.61 Å². The highest BCUT2D eigenvalue weighted by molar-refractivity contribution is 6.46. The maximum Gasteiger partial charge on any atom is 0.295 e. The summed E-state index contributed by atoms with van der Waals surface area (Å²) in [4.78, 5) is 42.7. The minimum atomic E-state index is -1.03. The van der Waals surface area contributed by atoms with Crippen molar-refractivity contribution < 1.29 is 24.4 Å². The van der Waals surface area contributed by atoms with Gasteiger partial charge in [0.25, 0.3) is 17.4 Å². The highest BCUT2D eigenvalue weighted by Gasteiger charge is 2.46. The first-order chi connectivity index (χ1) is 17.7. The van der Waals surface area contributed by atoms with E-state index in [9.17, 15) is 24.8 Å². The number of aliphatic hydroxyl groups is 1. The van der Waals surface area contributed by atoms with Crippen molar-refractivity contribution in [3.05, 3.63) is 105 Å². The average Bonchev–Trinajstić information content (AvgIpc) is 3.13. The van der Waals surface area contributed by atoms with Crippen LogP contribution in [-0.2, 0) is 16.1 Å². The van der Waals surface area contributed by atoms with Crippen LogP contribution in [0, 0.1) is 23.0 Å². The van der Waals surface area contributed by atoms with Crippen molar-refractivity contribution in [1.82, 2.24) is 9.88 Å². The highest BCUT2D eigenvalue weighted by atomic mass is 16.6. The Balaban J connectivity index is 1.83. The smallest absolute Gasteiger partial charge is 0.295 e. The van der Waals surface area contributed by atoms with Gasteiger partial charge in [-0.15, -0.1) is 0 Å². The van der Waals surface area contributed by atoms with Crippen LogP contribution in [0.3, 0.4) is 0 Å². The summed E-state index contributed by atoms with van der Waals surface area (Å²) in [6.45, 7) is 6.45. The highest BCUT2D eigenvalue weighted by Crippen LogP contribution is 2.41. The number of benzene rings is 2. The summed E-state index contributed by atoms with van der Waals surface area (Å²) in [5, 5.41) is 22.8. The van der Waals surface area contributed by atoms with Gasteiger partial charge in [-0.25, -0.2) is 0 Å². The van der Waals surface area contributed by atoms with E-state index in [1.54, 1.807) is 48.8 Å². The number of rotatable bonds is 8. The van der Waals surface area contributed by atoms with Crippen LogP contribution in [0.4, 0.5) is 5.69 Å². The number of carbonyl (C=O) groups excluding carboxylic acids is 2. The van der Waals surface area contributed by atoms with Crippen LogP contribution < -0.4 is 4.74 Å². The quantitative estimate of drug-likeness (QED) is 0.152. The summed E-state index contributed by atoms with van der Waals surface area (Å²) in [7, 11) is 0. The van der Waals surface area contributed by atoms with Crippen LogP contribution in [0.25, 0.3) is 5.76 Å². The Morgan fingerprint density at radius 2 is 1.95 bits per heavy atom. The Hall–Kier alpha value is -4.53. The predicted octanol–water partition coefficient (Wildman–Crippen LogP) is 4.95. The van der Waals surface area contributed by atoms with Crippen LogP contribution in [0.1, 0.15) is 42.1 Å². The number of hydrogen-bond acceptors (Lipinski definition) is 7. The fraction of sp³-hybridized carbons (Fsp3) is 0.250. The first kappa shape index (κ1) is 25.6. The number of aliphatic hydroxyl groups excluding tert-OH is 1. The molecule has 0 spiro atoms. The zero-order valence-electron chi connectivity index (χ0n) is 20.7. The topological polar surface area (TPSA) is 123 Å². The van der Waals surface area contributed by atoms with E-state index in [-0.39, 0.29) is 23.6 Å². The average molecular weight is 502 g/mol. The van der Waals surface area contributed by atoms with Crippen LogP contribution in [0.5, 0.6) is 5.75 Å². The summed E-state index contributed by atoms with van der Waals surface area (Å²) in [6.07, 6.45) is 3.16. The number of pyridine rings is 1. The first-order valence-corrected chi connectivity index (χ1v) is 11.8. The van der Waals surface area contributed by atoms with Crippen molar-refractivity contribution in [3.8, 4) is 5.75 Å². The van der Waals surface area contributed by atoms with Crippen molar-refractivity contribution in [2.45, 2.75) is 33.4 Å². The monoisotopic (exact) mass is 501 g/mol. The van der Waals surface area contributed by atoms with Gasteiger partial charge in [0.1, 0.15) is 11.5 Å². The lowest BCUT2D eigenvalue weighted by Crippen LogP contribution is -2.29. The van der Waals surface area contributed by atoms with Crippen molar-refractivity contribution in [3.63, 3.8) is 0 Å². The van der Waals surface area contributed by atoms with Crippen LogP contribution >= 0.6 is 0 Å². The number of carbonyl (C=O) groups is 2. The van der Waals surface area contributed by atoms with Gasteiger partial charge in [0.05, 0.1) is 23.1 Å². The maximum absolute atomic E-state index is 13.3. The number of amides is 1. The summed E-state index contributed by atoms with van der Waals surface area (Å²) in [5.41, 5.74) is 1.77. The Bertz CT molecular complexity index is 1380. The number of likely N-dealkylation sites (tertiary alicyclic amines) is 1. The van der Waals surface area contributed by atoms with Gasteiger partial charge in [-0.1, -0.05) is 32.0 Å². The Morgan fingerprint density at radius 3 is 2.59 bits per heavy atom. The van der Waals surface area contributed by atoms with E-state index in [1.165, 1.54) is 23.1 Å². The fourth-order valence-corrected chi connectivity index (χ4v) is 4.26. The molecule has 1 aliphatic rings. The first-order valence-electron chi connectivity index (χ1n) is 11.8. The third-order valence-electron chi connectivity index (χ3n) is 6.03. The molecule has 1 aromatic heterocycles. The molecule has 1 amide bonds. The van der Waals surface area contributed by atoms with Gasteiger partial charge in [-0.2, -0.15) is 0 Å².